The highest BCUT2D eigenvalue weighted by Crippen LogP contribution is 2.27. The lowest BCUT2D eigenvalue weighted by atomic mass is 9.97. The predicted octanol–water partition coefficient (Wildman–Crippen LogP) is 3.02. The van der Waals surface area contributed by atoms with Gasteiger partial charge in [0.25, 0.3) is 5.91 Å². The van der Waals surface area contributed by atoms with Gasteiger partial charge in [0.05, 0.1) is 18.9 Å². The van der Waals surface area contributed by atoms with Gasteiger partial charge in [-0.3, -0.25) is 14.8 Å². The van der Waals surface area contributed by atoms with Gasteiger partial charge in [0, 0.05) is 55.5 Å². The number of rotatable bonds is 3. The molecule has 0 spiro atoms. The number of alkyl halides is 3. The third-order valence-electron chi connectivity index (χ3n) is 5.56. The third-order valence-corrected chi connectivity index (χ3v) is 5.56. The van der Waals surface area contributed by atoms with E-state index in [-0.39, 0.29) is 11.8 Å². The maximum absolute atomic E-state index is 12.9. The Morgan fingerprint density at radius 3 is 2.48 bits per heavy atom. The smallest absolute Gasteiger partial charge is 0.475 e. The zero-order valence-corrected chi connectivity index (χ0v) is 18.4. The number of fused-ring (bicyclic) bond motifs is 1. The second kappa shape index (κ2) is 10.3. The van der Waals surface area contributed by atoms with Crippen LogP contribution in [0.25, 0.3) is 0 Å². The van der Waals surface area contributed by atoms with E-state index in [1.54, 1.807) is 0 Å². The van der Waals surface area contributed by atoms with E-state index in [0.29, 0.717) is 12.6 Å². The molecule has 1 saturated heterocycles. The number of ether oxygens (including phenoxy) is 1. The first-order valence-electron chi connectivity index (χ1n) is 10.6. The number of carboxylic acids is 1. The Balaban J connectivity index is 0.000000383. The number of carbonyl (C=O) groups is 2. The third kappa shape index (κ3) is 6.55. The maximum Gasteiger partial charge on any atom is 0.490 e. The number of hydrogen-bond acceptors (Lipinski definition) is 5. The summed E-state index contributed by atoms with van der Waals surface area (Å²) >= 11 is 0. The Morgan fingerprint density at radius 1 is 1.21 bits per heavy atom. The molecule has 0 saturated carbocycles. The zero-order valence-electron chi connectivity index (χ0n) is 18.4. The second-order valence-electron chi connectivity index (χ2n) is 8.31. The second-order valence-corrected chi connectivity index (χ2v) is 8.31. The number of nitrogens with one attached hydrogen (secondary N) is 1. The number of halogens is 3. The molecule has 2 N–H and O–H groups in total. The fourth-order valence-electron chi connectivity index (χ4n) is 3.95. The van der Waals surface area contributed by atoms with E-state index in [4.69, 9.17) is 14.6 Å². The molecular formula is C22H27F3N4O4. The summed E-state index contributed by atoms with van der Waals surface area (Å²) in [7, 11) is 0. The molecule has 2 atom stereocenters. The first kappa shape index (κ1) is 24.7. The summed E-state index contributed by atoms with van der Waals surface area (Å²) in [5.74, 6) is -2.38. The number of amides is 1. The van der Waals surface area contributed by atoms with E-state index in [1.165, 1.54) is 5.56 Å². The van der Waals surface area contributed by atoms with Crippen molar-refractivity contribution in [1.29, 1.82) is 0 Å². The minimum atomic E-state index is -5.08. The SMILES string of the molecule is CC1CN(Cc2ccc(C(=O)N3Cc4cn[nH]c4C(C)C3)cc2)CCO1.O=C(O)C(F)(F)F. The minimum Gasteiger partial charge on any atom is -0.475 e. The molecule has 33 heavy (non-hydrogen) atoms. The summed E-state index contributed by atoms with van der Waals surface area (Å²) in [5, 5.41) is 14.3. The average molecular weight is 468 g/mol. The van der Waals surface area contributed by atoms with Crippen LogP contribution in [0, 0.1) is 0 Å². The molecule has 11 heteroatoms. The van der Waals surface area contributed by atoms with Gasteiger partial charge in [-0.25, -0.2) is 4.79 Å². The summed E-state index contributed by atoms with van der Waals surface area (Å²) in [4.78, 5) is 26.1. The van der Waals surface area contributed by atoms with Crippen molar-refractivity contribution >= 4 is 11.9 Å². The van der Waals surface area contributed by atoms with E-state index >= 15 is 0 Å². The number of carbonyl (C=O) groups excluding carboxylic acids is 1. The van der Waals surface area contributed by atoms with Crippen molar-refractivity contribution in [2.75, 3.05) is 26.2 Å². The van der Waals surface area contributed by atoms with E-state index < -0.39 is 12.1 Å². The van der Waals surface area contributed by atoms with Crippen molar-refractivity contribution in [2.24, 2.45) is 0 Å². The number of aromatic amines is 1. The summed E-state index contributed by atoms with van der Waals surface area (Å²) in [6, 6.07) is 8.06. The van der Waals surface area contributed by atoms with Crippen LogP contribution in [0.3, 0.4) is 0 Å². The molecule has 0 radical (unpaired) electrons. The van der Waals surface area contributed by atoms with Gasteiger partial charge in [0.15, 0.2) is 0 Å². The Bertz CT molecular complexity index is 961. The van der Waals surface area contributed by atoms with Crippen LogP contribution < -0.4 is 0 Å². The fraction of sp³-hybridized carbons (Fsp3) is 0.500. The van der Waals surface area contributed by atoms with Gasteiger partial charge in [-0.05, 0) is 24.6 Å². The Hall–Kier alpha value is -2.92. The lowest BCUT2D eigenvalue weighted by Crippen LogP contribution is -2.40. The Kier molecular flexibility index (Phi) is 7.75. The highest BCUT2D eigenvalue weighted by molar-refractivity contribution is 5.94. The molecule has 1 aromatic heterocycles. The van der Waals surface area contributed by atoms with Crippen LogP contribution in [0.4, 0.5) is 13.2 Å². The van der Waals surface area contributed by atoms with Crippen LogP contribution in [0.15, 0.2) is 30.5 Å². The molecule has 2 aliphatic heterocycles. The van der Waals surface area contributed by atoms with Gasteiger partial charge in [0.2, 0.25) is 0 Å². The van der Waals surface area contributed by atoms with Crippen LogP contribution in [-0.2, 0) is 22.6 Å². The highest BCUT2D eigenvalue weighted by atomic mass is 19.4. The van der Waals surface area contributed by atoms with Crippen LogP contribution >= 0.6 is 0 Å². The number of benzene rings is 1. The van der Waals surface area contributed by atoms with Gasteiger partial charge in [-0.15, -0.1) is 0 Å². The van der Waals surface area contributed by atoms with Crippen molar-refractivity contribution < 1.29 is 32.6 Å². The van der Waals surface area contributed by atoms with Crippen molar-refractivity contribution in [2.45, 2.75) is 45.1 Å². The first-order valence-corrected chi connectivity index (χ1v) is 10.6. The summed E-state index contributed by atoms with van der Waals surface area (Å²) in [6.45, 7) is 9.21. The minimum absolute atomic E-state index is 0.0928. The molecule has 3 heterocycles. The maximum atomic E-state index is 12.9. The van der Waals surface area contributed by atoms with Crippen LogP contribution in [0.5, 0.6) is 0 Å². The number of nitrogens with zero attached hydrogens (tertiary/aromatic N) is 3. The molecule has 1 aromatic carbocycles. The highest BCUT2D eigenvalue weighted by Gasteiger charge is 2.38. The topological polar surface area (TPSA) is 98.8 Å². The predicted molar refractivity (Wildman–Crippen MR) is 113 cm³/mol. The van der Waals surface area contributed by atoms with Gasteiger partial charge in [0.1, 0.15) is 0 Å². The van der Waals surface area contributed by atoms with Crippen LogP contribution in [-0.4, -0.2) is 75.5 Å². The molecule has 0 aliphatic carbocycles. The molecule has 1 amide bonds. The van der Waals surface area contributed by atoms with Gasteiger partial charge in [-0.2, -0.15) is 18.3 Å². The molecule has 4 rings (SSSR count). The molecule has 2 aromatic rings. The summed E-state index contributed by atoms with van der Waals surface area (Å²) in [6.07, 6.45) is -2.96. The number of carboxylic acid groups (broad SMARTS) is 1. The summed E-state index contributed by atoms with van der Waals surface area (Å²) in [5.41, 5.74) is 4.27. The van der Waals surface area contributed by atoms with E-state index in [2.05, 4.69) is 41.1 Å². The standard InChI is InChI=1S/C20H26N4O2.C2HF3O2/c1-14-10-24(13-18-9-21-22-19(14)18)20(25)17-5-3-16(4-6-17)12-23-7-8-26-15(2)11-23;3-2(4,5)1(6)7/h3-6,9,14-15H,7-8,10-13H2,1-2H3,(H,21,22);(H,6,7). The molecule has 180 valence electrons. The van der Waals surface area contributed by atoms with E-state index in [0.717, 1.165) is 49.6 Å². The first-order chi connectivity index (χ1) is 15.5. The number of hydrogen-bond donors (Lipinski definition) is 2. The molecule has 1 fully saturated rings. The van der Waals surface area contributed by atoms with Crippen molar-refractivity contribution in [1.82, 2.24) is 20.0 Å². The average Bonchev–Trinajstić information content (AvgIpc) is 3.23. The molecule has 2 unspecified atom stereocenters. The fourth-order valence-corrected chi connectivity index (χ4v) is 3.95. The van der Waals surface area contributed by atoms with E-state index in [9.17, 15) is 18.0 Å². The molecule has 8 nitrogen and oxygen atoms in total. The van der Waals surface area contributed by atoms with Crippen molar-refractivity contribution in [3.63, 3.8) is 0 Å². The monoisotopic (exact) mass is 468 g/mol. The number of aliphatic carboxylic acids is 1. The van der Waals surface area contributed by atoms with Crippen LogP contribution in [0.2, 0.25) is 0 Å². The molecular weight excluding hydrogens is 441 g/mol. The quantitative estimate of drug-likeness (QED) is 0.719. The van der Waals surface area contributed by atoms with Crippen molar-refractivity contribution in [3.8, 4) is 0 Å². The van der Waals surface area contributed by atoms with E-state index in [1.807, 2.05) is 23.2 Å². The molecule has 0 bridgehead atoms. The largest absolute Gasteiger partial charge is 0.490 e. The van der Waals surface area contributed by atoms with Gasteiger partial charge < -0.3 is 14.7 Å². The lowest BCUT2D eigenvalue weighted by Gasteiger charge is -2.31. The van der Waals surface area contributed by atoms with Crippen molar-refractivity contribution in [3.05, 3.63) is 52.8 Å². The lowest BCUT2D eigenvalue weighted by molar-refractivity contribution is -0.192. The van der Waals surface area contributed by atoms with Gasteiger partial charge in [-0.1, -0.05) is 19.1 Å². The number of H-pyrrole nitrogens is 1. The molecule has 2 aliphatic rings. The number of morpholine rings is 1. The summed E-state index contributed by atoms with van der Waals surface area (Å²) < 4.78 is 37.3. The van der Waals surface area contributed by atoms with Gasteiger partial charge >= 0.3 is 12.1 Å². The Morgan fingerprint density at radius 2 is 1.88 bits per heavy atom. The Labute approximate surface area is 189 Å². The van der Waals surface area contributed by atoms with Crippen LogP contribution in [0.1, 0.15) is 46.9 Å². The number of aromatic nitrogens is 2. The normalized spacial score (nSPS) is 21.1. The zero-order chi connectivity index (χ0) is 24.2.